The van der Waals surface area contributed by atoms with Gasteiger partial charge in [0.15, 0.2) is 0 Å². The van der Waals surface area contributed by atoms with Crippen LogP contribution in [-0.4, -0.2) is 36.2 Å². The van der Waals surface area contributed by atoms with Gasteiger partial charge in [-0.2, -0.15) is 0 Å². The normalized spacial score (nSPS) is 26.1. The molecule has 0 radical (unpaired) electrons. The van der Waals surface area contributed by atoms with Crippen LogP contribution in [0.2, 0.25) is 0 Å². The van der Waals surface area contributed by atoms with E-state index in [1.807, 2.05) is 13.0 Å². The van der Waals surface area contributed by atoms with Crippen LogP contribution in [-0.2, 0) is 11.1 Å². The van der Waals surface area contributed by atoms with E-state index >= 15 is 0 Å². The van der Waals surface area contributed by atoms with E-state index in [1.54, 1.807) is 19.4 Å². The zero-order chi connectivity index (χ0) is 16.4. The lowest BCUT2D eigenvalue weighted by Gasteiger charge is -2.38. The molecule has 124 valence electrons. The summed E-state index contributed by atoms with van der Waals surface area (Å²) in [4.78, 5) is 0. The van der Waals surface area contributed by atoms with E-state index in [0.29, 0.717) is 31.5 Å². The van der Waals surface area contributed by atoms with Gasteiger partial charge in [0.1, 0.15) is 5.82 Å². The number of halogens is 1. The quantitative estimate of drug-likeness (QED) is 0.814. The molecule has 3 nitrogen and oxygen atoms in total. The Morgan fingerprint density at radius 3 is 2.86 bits per heavy atom. The third-order valence-corrected chi connectivity index (χ3v) is 6.84. The van der Waals surface area contributed by atoms with Crippen molar-refractivity contribution in [1.29, 1.82) is 0 Å². The molecule has 22 heavy (non-hydrogen) atoms. The fourth-order valence-corrected chi connectivity index (χ4v) is 4.85. The van der Waals surface area contributed by atoms with Crippen molar-refractivity contribution < 1.29 is 14.1 Å². The molecular formula is C17H27FNO2P. The summed E-state index contributed by atoms with van der Waals surface area (Å²) in [6.45, 7) is 6.35. The summed E-state index contributed by atoms with van der Waals surface area (Å²) in [7, 11) is -2.17. The molecule has 0 aliphatic heterocycles. The highest BCUT2D eigenvalue weighted by Crippen LogP contribution is 2.50. The van der Waals surface area contributed by atoms with E-state index in [-0.39, 0.29) is 11.5 Å². The predicted molar refractivity (Wildman–Crippen MR) is 89.5 cm³/mol. The van der Waals surface area contributed by atoms with Gasteiger partial charge in [-0.1, -0.05) is 17.7 Å². The maximum atomic E-state index is 13.7. The highest BCUT2D eigenvalue weighted by atomic mass is 31.2. The summed E-state index contributed by atoms with van der Waals surface area (Å²) in [6.07, 6.45) is 3.11. The molecule has 2 rings (SSSR count). The van der Waals surface area contributed by atoms with Gasteiger partial charge in [-0.05, 0) is 52.0 Å². The van der Waals surface area contributed by atoms with Crippen LogP contribution < -0.4 is 5.32 Å². The largest absolute Gasteiger partial charge is 0.389 e. The molecule has 0 amide bonds. The number of nitrogens with one attached hydrogen (secondary N) is 1. The van der Waals surface area contributed by atoms with Crippen molar-refractivity contribution >= 4 is 7.14 Å². The van der Waals surface area contributed by atoms with Gasteiger partial charge in [-0.25, -0.2) is 4.39 Å². The van der Waals surface area contributed by atoms with E-state index in [9.17, 15) is 14.1 Å². The van der Waals surface area contributed by atoms with Gasteiger partial charge < -0.3 is 15.0 Å². The zero-order valence-electron chi connectivity index (χ0n) is 13.7. The molecule has 2 unspecified atom stereocenters. The first-order valence-corrected chi connectivity index (χ1v) is 10.6. The predicted octanol–water partition coefficient (Wildman–Crippen LogP) is 3.52. The lowest BCUT2D eigenvalue weighted by molar-refractivity contribution is 0.00575. The van der Waals surface area contributed by atoms with Gasteiger partial charge in [0.2, 0.25) is 0 Å². The molecule has 0 saturated heterocycles. The van der Waals surface area contributed by atoms with Crippen molar-refractivity contribution in [2.75, 3.05) is 19.9 Å². The first-order valence-electron chi connectivity index (χ1n) is 7.92. The smallest absolute Gasteiger partial charge is 0.127 e. The van der Waals surface area contributed by atoms with Crippen LogP contribution in [0.25, 0.3) is 0 Å². The average molecular weight is 327 g/mol. The van der Waals surface area contributed by atoms with Crippen molar-refractivity contribution in [3.05, 3.63) is 35.1 Å². The van der Waals surface area contributed by atoms with E-state index in [2.05, 4.69) is 5.32 Å². The Morgan fingerprint density at radius 2 is 2.18 bits per heavy atom. The Balaban J connectivity index is 1.93. The van der Waals surface area contributed by atoms with Gasteiger partial charge >= 0.3 is 0 Å². The van der Waals surface area contributed by atoms with Crippen molar-refractivity contribution in [2.45, 2.75) is 50.4 Å². The van der Waals surface area contributed by atoms with Crippen LogP contribution in [0.5, 0.6) is 0 Å². The molecule has 5 heteroatoms. The van der Waals surface area contributed by atoms with Crippen LogP contribution in [0, 0.1) is 12.7 Å². The Bertz CT molecular complexity index is 572. The topological polar surface area (TPSA) is 49.3 Å². The van der Waals surface area contributed by atoms with Crippen molar-refractivity contribution in [3.63, 3.8) is 0 Å². The lowest BCUT2D eigenvalue weighted by Crippen LogP contribution is -2.45. The average Bonchev–Trinajstić information content (AvgIpc) is 2.41. The summed E-state index contributed by atoms with van der Waals surface area (Å²) in [5.41, 5.74) is 0.911. The molecular weight excluding hydrogens is 300 g/mol. The molecule has 0 spiro atoms. The van der Waals surface area contributed by atoms with E-state index in [0.717, 1.165) is 18.4 Å². The molecule has 1 fully saturated rings. The first kappa shape index (κ1) is 17.7. The van der Waals surface area contributed by atoms with Crippen LogP contribution >= 0.6 is 7.14 Å². The van der Waals surface area contributed by atoms with Crippen molar-refractivity contribution in [2.24, 2.45) is 0 Å². The number of benzene rings is 1. The third kappa shape index (κ3) is 4.65. The second kappa shape index (κ2) is 6.82. The number of aryl methyl sites for hydroxylation is 1. The van der Waals surface area contributed by atoms with Gasteiger partial charge in [-0.3, -0.25) is 0 Å². The number of rotatable bonds is 5. The SMILES string of the molecule is Cc1ccc(F)c(CNCC2(O)CCCC(P(C)(C)=O)C2)c1. The van der Waals surface area contributed by atoms with E-state index in [4.69, 9.17) is 0 Å². The Labute approximate surface area is 132 Å². The molecule has 0 bridgehead atoms. The number of hydrogen-bond donors (Lipinski definition) is 2. The minimum Gasteiger partial charge on any atom is -0.389 e. The van der Waals surface area contributed by atoms with Gasteiger partial charge in [0.25, 0.3) is 0 Å². The minimum absolute atomic E-state index is 0.101. The molecule has 1 aromatic carbocycles. The lowest BCUT2D eigenvalue weighted by atomic mass is 9.84. The molecule has 0 aromatic heterocycles. The maximum absolute atomic E-state index is 13.7. The molecule has 0 heterocycles. The van der Waals surface area contributed by atoms with Crippen LogP contribution in [0.15, 0.2) is 18.2 Å². The summed E-state index contributed by atoms with van der Waals surface area (Å²) in [6, 6.07) is 5.04. The molecule has 1 saturated carbocycles. The monoisotopic (exact) mass is 327 g/mol. The second-order valence-electron chi connectivity index (χ2n) is 7.11. The number of hydrogen-bond acceptors (Lipinski definition) is 3. The summed E-state index contributed by atoms with van der Waals surface area (Å²) >= 11 is 0. The van der Waals surface area contributed by atoms with Crippen LogP contribution in [0.4, 0.5) is 4.39 Å². The molecule has 1 aliphatic rings. The third-order valence-electron chi connectivity index (χ3n) is 4.65. The maximum Gasteiger partial charge on any atom is 0.127 e. The van der Waals surface area contributed by atoms with E-state index < -0.39 is 12.7 Å². The van der Waals surface area contributed by atoms with Gasteiger partial charge in [-0.15, -0.1) is 0 Å². The highest BCUT2D eigenvalue weighted by molar-refractivity contribution is 7.63. The molecule has 1 aromatic rings. The Morgan fingerprint density at radius 1 is 1.45 bits per heavy atom. The Hall–Kier alpha value is -0.700. The van der Waals surface area contributed by atoms with Crippen LogP contribution in [0.3, 0.4) is 0 Å². The van der Waals surface area contributed by atoms with Crippen molar-refractivity contribution in [3.8, 4) is 0 Å². The van der Waals surface area contributed by atoms with Crippen molar-refractivity contribution in [1.82, 2.24) is 5.32 Å². The second-order valence-corrected chi connectivity index (χ2v) is 10.7. The number of aliphatic hydroxyl groups is 1. The molecule has 1 aliphatic carbocycles. The fraction of sp³-hybridized carbons (Fsp3) is 0.647. The summed E-state index contributed by atoms with van der Waals surface area (Å²) < 4.78 is 26.0. The van der Waals surface area contributed by atoms with Gasteiger partial charge in [0.05, 0.1) is 12.7 Å². The fourth-order valence-electron chi connectivity index (χ4n) is 3.27. The summed E-state index contributed by atoms with van der Waals surface area (Å²) in [5, 5.41) is 13.9. The van der Waals surface area contributed by atoms with Crippen LogP contribution in [0.1, 0.15) is 36.8 Å². The van der Waals surface area contributed by atoms with Gasteiger partial charge in [0, 0.05) is 24.3 Å². The molecule has 2 N–H and O–H groups in total. The Kier molecular flexibility index (Phi) is 5.47. The summed E-state index contributed by atoms with van der Waals surface area (Å²) in [5.74, 6) is -0.224. The molecule has 2 atom stereocenters. The zero-order valence-corrected chi connectivity index (χ0v) is 14.6. The standard InChI is InChI=1S/C17H27FNO2P/c1-13-6-7-16(18)14(9-13)11-19-12-17(20)8-4-5-15(10-17)22(2,3)21/h6-7,9,15,19-20H,4-5,8,10-12H2,1-3H3. The minimum atomic E-state index is -2.17. The van der Waals surface area contributed by atoms with E-state index in [1.165, 1.54) is 6.07 Å². The first-order chi connectivity index (χ1) is 10.2. The highest BCUT2D eigenvalue weighted by Gasteiger charge is 2.38.